The van der Waals surface area contributed by atoms with Crippen LogP contribution in [0.2, 0.25) is 0 Å². The van der Waals surface area contributed by atoms with Crippen LogP contribution in [-0.2, 0) is 16.0 Å². The lowest BCUT2D eigenvalue weighted by Gasteiger charge is -2.31. The van der Waals surface area contributed by atoms with Gasteiger partial charge >= 0.3 is 0 Å². The summed E-state index contributed by atoms with van der Waals surface area (Å²) in [5, 5.41) is 3.41. The molecule has 3 heterocycles. The molecule has 1 aromatic heterocycles. The molecule has 0 unspecified atom stereocenters. The summed E-state index contributed by atoms with van der Waals surface area (Å²) in [6, 6.07) is 8.28. The lowest BCUT2D eigenvalue weighted by molar-refractivity contribution is -0.118. The number of anilines is 3. The molecule has 1 fully saturated rings. The van der Waals surface area contributed by atoms with Gasteiger partial charge in [-0.05, 0) is 55.9 Å². The number of ether oxygens (including phenoxy) is 2. The molecule has 0 bridgehead atoms. The first kappa shape index (κ1) is 20.7. The minimum absolute atomic E-state index is 0.162. The van der Waals surface area contributed by atoms with Crippen molar-refractivity contribution < 1.29 is 14.3 Å². The van der Waals surface area contributed by atoms with Crippen molar-refractivity contribution in [1.82, 2.24) is 4.98 Å². The summed E-state index contributed by atoms with van der Waals surface area (Å²) in [5.74, 6) is 2.43. The summed E-state index contributed by atoms with van der Waals surface area (Å²) in [6.07, 6.45) is 5.07. The molecular formula is C24H31N3O3. The van der Waals surface area contributed by atoms with Gasteiger partial charge in [-0.25, -0.2) is 4.98 Å². The Hall–Kier alpha value is -2.60. The fraction of sp³-hybridized carbons (Fsp3) is 0.500. The number of hydrogen-bond acceptors (Lipinski definition) is 5. The predicted molar refractivity (Wildman–Crippen MR) is 119 cm³/mol. The third kappa shape index (κ3) is 4.59. The molecule has 0 radical (unpaired) electrons. The highest BCUT2D eigenvalue weighted by molar-refractivity contribution is 6.02. The molecule has 2 aliphatic rings. The van der Waals surface area contributed by atoms with Crippen molar-refractivity contribution in [3.05, 3.63) is 41.6 Å². The van der Waals surface area contributed by atoms with E-state index in [0.29, 0.717) is 25.6 Å². The predicted octanol–water partition coefficient (Wildman–Crippen LogP) is 4.63. The second-order valence-electron chi connectivity index (χ2n) is 8.62. The molecule has 2 aliphatic heterocycles. The van der Waals surface area contributed by atoms with E-state index < -0.39 is 0 Å². The Bertz CT molecular complexity index is 907. The van der Waals surface area contributed by atoms with E-state index in [9.17, 15) is 4.79 Å². The Balaban J connectivity index is 1.48. The third-order valence-corrected chi connectivity index (χ3v) is 5.81. The maximum atomic E-state index is 12.6. The molecule has 1 aromatic carbocycles. The Morgan fingerprint density at radius 1 is 1.27 bits per heavy atom. The first-order valence-corrected chi connectivity index (χ1v) is 10.9. The first-order chi connectivity index (χ1) is 14.5. The van der Waals surface area contributed by atoms with Gasteiger partial charge in [-0.1, -0.05) is 13.8 Å². The third-order valence-electron chi connectivity index (χ3n) is 5.81. The summed E-state index contributed by atoms with van der Waals surface area (Å²) in [4.78, 5) is 19.2. The lowest BCUT2D eigenvalue weighted by Crippen LogP contribution is -2.41. The van der Waals surface area contributed by atoms with Gasteiger partial charge in [-0.15, -0.1) is 0 Å². The van der Waals surface area contributed by atoms with Crippen LogP contribution in [0.25, 0.3) is 0 Å². The fourth-order valence-electron chi connectivity index (χ4n) is 4.04. The highest BCUT2D eigenvalue weighted by Gasteiger charge is 2.34. The maximum Gasteiger partial charge on any atom is 0.231 e. The van der Waals surface area contributed by atoms with Crippen LogP contribution in [0.1, 0.15) is 44.2 Å². The van der Waals surface area contributed by atoms with Gasteiger partial charge in [0.25, 0.3) is 0 Å². The molecular weight excluding hydrogens is 378 g/mol. The number of carbonyl (C=O) groups is 1. The molecule has 160 valence electrons. The van der Waals surface area contributed by atoms with Gasteiger partial charge in [-0.3, -0.25) is 4.79 Å². The first-order valence-electron chi connectivity index (χ1n) is 10.9. The normalized spacial score (nSPS) is 16.8. The lowest BCUT2D eigenvalue weighted by atomic mass is 10.1. The summed E-state index contributed by atoms with van der Waals surface area (Å²) >= 11 is 0. The smallest absolute Gasteiger partial charge is 0.231 e. The van der Waals surface area contributed by atoms with Crippen molar-refractivity contribution >= 4 is 23.1 Å². The van der Waals surface area contributed by atoms with Gasteiger partial charge < -0.3 is 19.7 Å². The molecule has 0 atom stereocenters. The quantitative estimate of drug-likeness (QED) is 0.723. The summed E-state index contributed by atoms with van der Waals surface area (Å²) in [5.41, 5.74) is 4.07. The zero-order valence-electron chi connectivity index (χ0n) is 18.1. The maximum absolute atomic E-state index is 12.6. The fourth-order valence-corrected chi connectivity index (χ4v) is 4.04. The Kier molecular flexibility index (Phi) is 6.23. The number of benzene rings is 1. The van der Waals surface area contributed by atoms with Gasteiger partial charge in [0.1, 0.15) is 11.6 Å². The van der Waals surface area contributed by atoms with Crippen LogP contribution in [0, 0.1) is 12.8 Å². The monoisotopic (exact) mass is 409 g/mol. The number of pyridine rings is 1. The van der Waals surface area contributed by atoms with E-state index in [2.05, 4.69) is 31.1 Å². The van der Waals surface area contributed by atoms with Crippen molar-refractivity contribution in [1.29, 1.82) is 0 Å². The highest BCUT2D eigenvalue weighted by atomic mass is 16.5. The molecule has 1 amide bonds. The zero-order valence-corrected chi connectivity index (χ0v) is 18.1. The second kappa shape index (κ2) is 9.04. The Morgan fingerprint density at radius 2 is 2.07 bits per heavy atom. The molecule has 0 aliphatic carbocycles. The van der Waals surface area contributed by atoms with Crippen molar-refractivity contribution in [2.45, 2.75) is 52.5 Å². The van der Waals surface area contributed by atoms with E-state index in [1.807, 2.05) is 35.4 Å². The number of hydrogen-bond donors (Lipinski definition) is 1. The Labute approximate surface area is 178 Å². The average Bonchev–Trinajstić information content (AvgIpc) is 3.05. The number of nitrogens with zero attached hydrogens (tertiary/aromatic N) is 2. The van der Waals surface area contributed by atoms with Gasteiger partial charge in [-0.2, -0.15) is 0 Å². The summed E-state index contributed by atoms with van der Waals surface area (Å²) < 4.78 is 11.3. The summed E-state index contributed by atoms with van der Waals surface area (Å²) in [6.45, 7) is 8.61. The van der Waals surface area contributed by atoms with E-state index in [0.717, 1.165) is 59.9 Å². The standard InChI is InChI=1S/C24H31N3O3/c1-16(2)6-11-30-20-4-5-21(17(3)12-20)26-23-14-22-18(15-25-23)13-24(28)27(22)19-7-9-29-10-8-19/h4-5,12,14-16,19H,6-11,13H2,1-3H3,(H,25,26). The van der Waals surface area contributed by atoms with Crippen LogP contribution in [-0.4, -0.2) is 36.8 Å². The SMILES string of the molecule is Cc1cc(OCCC(C)C)ccc1Nc1cc2c(cn1)CC(=O)N2C1CCOCC1. The second-order valence-corrected chi connectivity index (χ2v) is 8.62. The minimum atomic E-state index is 0.162. The van der Waals surface area contributed by atoms with E-state index in [-0.39, 0.29) is 11.9 Å². The average molecular weight is 410 g/mol. The molecule has 0 saturated carbocycles. The number of rotatable bonds is 7. The largest absolute Gasteiger partial charge is 0.494 e. The topological polar surface area (TPSA) is 63.7 Å². The number of aromatic nitrogens is 1. The number of carbonyl (C=O) groups excluding carboxylic acids is 1. The number of aryl methyl sites for hydroxylation is 1. The van der Waals surface area contributed by atoms with Crippen LogP contribution in [0.5, 0.6) is 5.75 Å². The van der Waals surface area contributed by atoms with E-state index in [4.69, 9.17) is 9.47 Å². The molecule has 4 rings (SSSR count). The number of fused-ring (bicyclic) bond motifs is 1. The molecule has 2 aromatic rings. The van der Waals surface area contributed by atoms with Gasteiger partial charge in [0.2, 0.25) is 5.91 Å². The molecule has 6 nitrogen and oxygen atoms in total. The molecule has 30 heavy (non-hydrogen) atoms. The van der Waals surface area contributed by atoms with Crippen LogP contribution in [0.4, 0.5) is 17.2 Å². The van der Waals surface area contributed by atoms with Crippen molar-refractivity contribution in [3.63, 3.8) is 0 Å². The number of amides is 1. The highest BCUT2D eigenvalue weighted by Crippen LogP contribution is 2.35. The minimum Gasteiger partial charge on any atom is -0.494 e. The van der Waals surface area contributed by atoms with Crippen LogP contribution in [0.3, 0.4) is 0 Å². The zero-order chi connectivity index (χ0) is 21.1. The molecule has 6 heteroatoms. The molecule has 0 spiro atoms. The van der Waals surface area contributed by atoms with Gasteiger partial charge in [0.05, 0.1) is 18.7 Å². The van der Waals surface area contributed by atoms with Crippen molar-refractivity contribution in [2.75, 3.05) is 30.0 Å². The molecule has 1 N–H and O–H groups in total. The van der Waals surface area contributed by atoms with Crippen molar-refractivity contribution in [2.24, 2.45) is 5.92 Å². The van der Waals surface area contributed by atoms with Gasteiger partial charge in [0.15, 0.2) is 0 Å². The molecule has 1 saturated heterocycles. The van der Waals surface area contributed by atoms with Gasteiger partial charge in [0, 0.05) is 42.8 Å². The van der Waals surface area contributed by atoms with E-state index >= 15 is 0 Å². The van der Waals surface area contributed by atoms with Crippen LogP contribution < -0.4 is 15.0 Å². The Morgan fingerprint density at radius 3 is 2.80 bits per heavy atom. The van der Waals surface area contributed by atoms with E-state index in [1.165, 1.54) is 0 Å². The number of nitrogens with one attached hydrogen (secondary N) is 1. The van der Waals surface area contributed by atoms with E-state index in [1.54, 1.807) is 0 Å². The summed E-state index contributed by atoms with van der Waals surface area (Å²) in [7, 11) is 0. The van der Waals surface area contributed by atoms with Crippen LogP contribution >= 0.6 is 0 Å². The van der Waals surface area contributed by atoms with Crippen LogP contribution in [0.15, 0.2) is 30.5 Å². The van der Waals surface area contributed by atoms with Crippen molar-refractivity contribution in [3.8, 4) is 5.75 Å².